The molecule has 0 aromatic carbocycles. The highest BCUT2D eigenvalue weighted by Crippen LogP contribution is 2.33. The van der Waals surface area contributed by atoms with Crippen LogP contribution in [0.25, 0.3) is 11.0 Å². The molecule has 0 amide bonds. The molecule has 0 bridgehead atoms. The molecule has 3 N–H and O–H groups in total. The van der Waals surface area contributed by atoms with Crippen molar-refractivity contribution in [1.82, 2.24) is 19.7 Å². The van der Waals surface area contributed by atoms with Gasteiger partial charge in [0.05, 0.1) is 24.3 Å². The van der Waals surface area contributed by atoms with Gasteiger partial charge in [-0.1, -0.05) is 0 Å². The Morgan fingerprint density at radius 2 is 2.07 bits per heavy atom. The van der Waals surface area contributed by atoms with Crippen LogP contribution in [-0.4, -0.2) is 67.8 Å². The van der Waals surface area contributed by atoms with E-state index in [4.69, 9.17) is 35.6 Å². The van der Waals surface area contributed by atoms with Gasteiger partial charge in [-0.2, -0.15) is 15.1 Å². The van der Waals surface area contributed by atoms with E-state index < -0.39 is 8.38 Å². The van der Waals surface area contributed by atoms with Gasteiger partial charge in [0, 0.05) is 19.3 Å². The molecular formula is C16H23ClN5O5P. The maximum atomic E-state index is 8.92. The molecule has 10 nitrogen and oxygen atoms in total. The first-order valence-corrected chi connectivity index (χ1v) is 11.0. The van der Waals surface area contributed by atoms with Crippen molar-refractivity contribution in [3.05, 3.63) is 11.5 Å². The number of hydrogen-bond donors (Lipinski definition) is 3. The number of anilines is 1. The maximum Gasteiger partial charge on any atom is 0.226 e. The highest BCUT2D eigenvalue weighted by molar-refractivity contribution is 7.44. The predicted molar refractivity (Wildman–Crippen MR) is 103 cm³/mol. The van der Waals surface area contributed by atoms with Crippen LogP contribution in [-0.2, 0) is 14.2 Å². The summed E-state index contributed by atoms with van der Waals surface area (Å²) in [7, 11) is -2.05. The van der Waals surface area contributed by atoms with E-state index in [1.807, 2.05) is 0 Å². The van der Waals surface area contributed by atoms with Crippen LogP contribution in [0.3, 0.4) is 0 Å². The van der Waals surface area contributed by atoms with Crippen LogP contribution in [0.1, 0.15) is 31.9 Å². The van der Waals surface area contributed by atoms with Crippen molar-refractivity contribution in [3.63, 3.8) is 0 Å². The first-order chi connectivity index (χ1) is 13.6. The normalized spacial score (nSPS) is 23.7. The summed E-state index contributed by atoms with van der Waals surface area (Å²) in [6.45, 7) is 1.77. The van der Waals surface area contributed by atoms with Gasteiger partial charge in [-0.25, -0.2) is 4.68 Å². The lowest BCUT2D eigenvalue weighted by Gasteiger charge is -2.23. The molecule has 2 aromatic heterocycles. The molecule has 2 unspecified atom stereocenters. The van der Waals surface area contributed by atoms with Crippen molar-refractivity contribution in [1.29, 1.82) is 0 Å². The number of rotatable bonds is 7. The molecule has 2 fully saturated rings. The van der Waals surface area contributed by atoms with Crippen LogP contribution in [0.4, 0.5) is 5.82 Å². The van der Waals surface area contributed by atoms with E-state index in [1.165, 1.54) is 0 Å². The van der Waals surface area contributed by atoms with Gasteiger partial charge in [-0.15, -0.1) is 0 Å². The number of fused-ring (bicyclic) bond motifs is 1. The van der Waals surface area contributed by atoms with Crippen LogP contribution >= 0.6 is 20.0 Å². The molecule has 0 spiro atoms. The topological polar surface area (TPSA) is 124 Å². The van der Waals surface area contributed by atoms with Gasteiger partial charge >= 0.3 is 0 Å². The Kier molecular flexibility index (Phi) is 6.57. The Morgan fingerprint density at radius 3 is 2.86 bits per heavy atom. The van der Waals surface area contributed by atoms with Gasteiger partial charge < -0.3 is 29.3 Å². The van der Waals surface area contributed by atoms with E-state index in [1.54, 1.807) is 10.9 Å². The lowest BCUT2D eigenvalue weighted by molar-refractivity contribution is -0.0384. The molecule has 28 heavy (non-hydrogen) atoms. The molecule has 2 saturated heterocycles. The fourth-order valence-electron chi connectivity index (χ4n) is 3.51. The third kappa shape index (κ3) is 4.71. The Morgan fingerprint density at radius 1 is 1.25 bits per heavy atom. The van der Waals surface area contributed by atoms with E-state index in [2.05, 4.69) is 20.4 Å². The van der Waals surface area contributed by atoms with Crippen molar-refractivity contribution in [2.24, 2.45) is 0 Å². The highest BCUT2D eigenvalue weighted by atomic mass is 35.5. The number of hydrogen-bond acceptors (Lipinski definition) is 9. The summed E-state index contributed by atoms with van der Waals surface area (Å²) < 4.78 is 18.4. The molecule has 154 valence electrons. The van der Waals surface area contributed by atoms with Gasteiger partial charge in [-0.05, 0) is 37.3 Å². The molecule has 12 heteroatoms. The summed E-state index contributed by atoms with van der Waals surface area (Å²) in [5.41, 5.74) is 0.621. The summed E-state index contributed by atoms with van der Waals surface area (Å²) in [4.78, 5) is 26.5. The van der Waals surface area contributed by atoms with Gasteiger partial charge in [0.1, 0.15) is 12.2 Å². The smallest absolute Gasteiger partial charge is 0.226 e. The number of ether oxygens (including phenoxy) is 3. The van der Waals surface area contributed by atoms with Gasteiger partial charge in [0.25, 0.3) is 0 Å². The van der Waals surface area contributed by atoms with Crippen molar-refractivity contribution >= 4 is 36.8 Å². The van der Waals surface area contributed by atoms with E-state index in [0.29, 0.717) is 18.1 Å². The zero-order valence-corrected chi connectivity index (χ0v) is 16.8. The zero-order valence-electron chi connectivity index (χ0n) is 15.2. The largest absolute Gasteiger partial charge is 0.381 e. The highest BCUT2D eigenvalue weighted by Gasteiger charge is 2.29. The standard InChI is InChI=1S/C16H23ClN5O5P/c17-16-20-14(19-10-3-5-25-6-4-10)12-7-18-22(15(12)21-16)13-2-1-11(27-13)8-26-9-28(23)24/h7,10-11,13,23-24H,1-6,8-9H2,(H,19,20,21). The lowest BCUT2D eigenvalue weighted by atomic mass is 10.1. The lowest BCUT2D eigenvalue weighted by Crippen LogP contribution is -2.28. The van der Waals surface area contributed by atoms with Gasteiger partial charge in [0.15, 0.2) is 20.3 Å². The Hall–Kier alpha value is -1.13. The molecular weight excluding hydrogens is 409 g/mol. The van der Waals surface area contributed by atoms with Crippen molar-refractivity contribution in [3.8, 4) is 0 Å². The average molecular weight is 432 g/mol. The van der Waals surface area contributed by atoms with E-state index in [0.717, 1.165) is 44.3 Å². The summed E-state index contributed by atoms with van der Waals surface area (Å²) in [5, 5.41) is 8.85. The van der Waals surface area contributed by atoms with Crippen LogP contribution in [0.15, 0.2) is 6.20 Å². The van der Waals surface area contributed by atoms with E-state index in [-0.39, 0.29) is 30.0 Å². The fraction of sp³-hybridized carbons (Fsp3) is 0.688. The van der Waals surface area contributed by atoms with Crippen LogP contribution < -0.4 is 5.32 Å². The number of nitrogens with zero attached hydrogens (tertiary/aromatic N) is 4. The van der Waals surface area contributed by atoms with Crippen molar-refractivity contribution in [2.45, 2.75) is 44.1 Å². The van der Waals surface area contributed by atoms with Crippen molar-refractivity contribution in [2.75, 3.05) is 31.5 Å². The Bertz CT molecular complexity index is 803. The third-order valence-corrected chi connectivity index (χ3v) is 5.44. The molecule has 0 radical (unpaired) electrons. The Balaban J connectivity index is 1.48. The predicted octanol–water partition coefficient (Wildman–Crippen LogP) is 2.02. The second kappa shape index (κ2) is 9.13. The molecule has 2 aromatic rings. The molecule has 2 atom stereocenters. The minimum Gasteiger partial charge on any atom is -0.381 e. The molecule has 0 aliphatic carbocycles. The quantitative estimate of drug-likeness (QED) is 0.446. The summed E-state index contributed by atoms with van der Waals surface area (Å²) in [5.74, 6) is 0.672. The first kappa shape index (κ1) is 20.2. The summed E-state index contributed by atoms with van der Waals surface area (Å²) in [6.07, 6.45) is 4.60. The second-order valence-electron chi connectivity index (χ2n) is 6.86. The van der Waals surface area contributed by atoms with Gasteiger partial charge in [-0.3, -0.25) is 0 Å². The molecule has 2 aliphatic heterocycles. The maximum absolute atomic E-state index is 8.92. The number of halogens is 1. The van der Waals surface area contributed by atoms with E-state index >= 15 is 0 Å². The third-order valence-electron chi connectivity index (χ3n) is 4.86. The molecule has 2 aliphatic rings. The zero-order chi connectivity index (χ0) is 19.5. The first-order valence-electron chi connectivity index (χ1n) is 9.23. The van der Waals surface area contributed by atoms with Crippen LogP contribution in [0, 0.1) is 0 Å². The fourth-order valence-corrected chi connectivity index (χ4v) is 3.94. The summed E-state index contributed by atoms with van der Waals surface area (Å²) in [6, 6.07) is 0.277. The monoisotopic (exact) mass is 431 g/mol. The summed E-state index contributed by atoms with van der Waals surface area (Å²) >= 11 is 6.17. The van der Waals surface area contributed by atoms with Gasteiger partial charge in [0.2, 0.25) is 5.28 Å². The Labute approximate surface area is 168 Å². The number of nitrogens with one attached hydrogen (secondary N) is 1. The van der Waals surface area contributed by atoms with E-state index in [9.17, 15) is 0 Å². The minimum atomic E-state index is -2.05. The second-order valence-corrected chi connectivity index (χ2v) is 8.20. The SMILES string of the molecule is OP(O)COCC1CCC(n2ncc3c(NC4CCOCC4)nc(Cl)nc32)O1. The molecule has 0 saturated carbocycles. The van der Waals surface area contributed by atoms with Crippen molar-refractivity contribution < 1.29 is 24.0 Å². The molecule has 4 rings (SSSR count). The van der Waals surface area contributed by atoms with Crippen LogP contribution in [0.2, 0.25) is 5.28 Å². The minimum absolute atomic E-state index is 0.0748. The van der Waals surface area contributed by atoms with Crippen LogP contribution in [0.5, 0.6) is 0 Å². The average Bonchev–Trinajstić information content (AvgIpc) is 3.29. The molecule has 4 heterocycles. The number of aromatic nitrogens is 4.